The van der Waals surface area contributed by atoms with Crippen LogP contribution in [0.25, 0.3) is 0 Å². The summed E-state index contributed by atoms with van der Waals surface area (Å²) < 4.78 is 6.04. The highest BCUT2D eigenvalue weighted by atomic mass is 79.9. The molecular weight excluding hydrogens is 338 g/mol. The number of carboxylic acid groups (broad SMARTS) is 1. The molecule has 0 saturated carbocycles. The molecule has 116 valence electrons. The van der Waals surface area contributed by atoms with Crippen molar-refractivity contribution in [2.75, 3.05) is 0 Å². The molecule has 21 heavy (non-hydrogen) atoms. The van der Waals surface area contributed by atoms with Gasteiger partial charge in [-0.05, 0) is 48.3 Å². The van der Waals surface area contributed by atoms with Gasteiger partial charge in [-0.3, -0.25) is 4.79 Å². The van der Waals surface area contributed by atoms with Crippen LogP contribution in [-0.2, 0) is 4.79 Å². The van der Waals surface area contributed by atoms with E-state index in [1.807, 2.05) is 13.8 Å². The molecule has 1 rings (SSSR count). The number of para-hydroxylation sites is 1. The number of aromatic carboxylic acids is 1. The Bertz CT molecular complexity index is 518. The Hall–Kier alpha value is -1.56. The molecule has 6 heteroatoms. The molecule has 1 amide bonds. The summed E-state index contributed by atoms with van der Waals surface area (Å²) in [6.45, 7) is 5.57. The summed E-state index contributed by atoms with van der Waals surface area (Å²) >= 11 is 3.25. The van der Waals surface area contributed by atoms with E-state index in [0.717, 1.165) is 12.8 Å². The van der Waals surface area contributed by atoms with E-state index in [-0.39, 0.29) is 23.3 Å². The van der Waals surface area contributed by atoms with Gasteiger partial charge < -0.3 is 15.2 Å². The van der Waals surface area contributed by atoms with E-state index < -0.39 is 12.1 Å². The Kier molecular flexibility index (Phi) is 6.68. The van der Waals surface area contributed by atoms with Crippen LogP contribution in [0.4, 0.5) is 0 Å². The van der Waals surface area contributed by atoms with Gasteiger partial charge in [0.25, 0.3) is 5.91 Å². The normalized spacial score (nSPS) is 13.3. The van der Waals surface area contributed by atoms with E-state index in [4.69, 9.17) is 9.84 Å². The van der Waals surface area contributed by atoms with Gasteiger partial charge in [0.15, 0.2) is 6.10 Å². The molecular formula is C15H20BrNO4. The predicted molar refractivity (Wildman–Crippen MR) is 83.7 cm³/mol. The van der Waals surface area contributed by atoms with Gasteiger partial charge in [0, 0.05) is 6.04 Å². The number of halogens is 1. The van der Waals surface area contributed by atoms with Crippen molar-refractivity contribution in [3.05, 3.63) is 28.2 Å². The minimum atomic E-state index is -1.10. The number of amides is 1. The first-order chi connectivity index (χ1) is 9.86. The first kappa shape index (κ1) is 17.5. The largest absolute Gasteiger partial charge is 0.479 e. The lowest BCUT2D eigenvalue weighted by atomic mass is 10.2. The second-order valence-corrected chi connectivity index (χ2v) is 5.73. The number of hydrogen-bond acceptors (Lipinski definition) is 3. The monoisotopic (exact) mass is 357 g/mol. The van der Waals surface area contributed by atoms with Crippen molar-refractivity contribution in [1.29, 1.82) is 0 Å². The minimum Gasteiger partial charge on any atom is -0.479 e. The predicted octanol–water partition coefficient (Wildman–Crippen LogP) is 3.22. The van der Waals surface area contributed by atoms with Crippen LogP contribution in [-0.4, -0.2) is 29.1 Å². The Morgan fingerprint density at radius 3 is 2.62 bits per heavy atom. The molecule has 0 saturated heterocycles. The highest BCUT2D eigenvalue weighted by Crippen LogP contribution is 2.30. The molecule has 0 aromatic heterocycles. The molecule has 2 unspecified atom stereocenters. The summed E-state index contributed by atoms with van der Waals surface area (Å²) in [7, 11) is 0. The lowest BCUT2D eigenvalue weighted by Gasteiger charge is -2.19. The fourth-order valence-corrected chi connectivity index (χ4v) is 2.35. The molecule has 0 aliphatic heterocycles. The van der Waals surface area contributed by atoms with Crippen LogP contribution < -0.4 is 10.1 Å². The van der Waals surface area contributed by atoms with Crippen LogP contribution in [0.15, 0.2) is 22.7 Å². The minimum absolute atomic E-state index is 0.0191. The number of hydrogen-bond donors (Lipinski definition) is 2. The van der Waals surface area contributed by atoms with Crippen molar-refractivity contribution in [3.63, 3.8) is 0 Å². The highest BCUT2D eigenvalue weighted by molar-refractivity contribution is 9.10. The Morgan fingerprint density at radius 1 is 1.38 bits per heavy atom. The van der Waals surface area contributed by atoms with Crippen LogP contribution >= 0.6 is 15.9 Å². The van der Waals surface area contributed by atoms with Gasteiger partial charge in [-0.25, -0.2) is 4.79 Å². The smallest absolute Gasteiger partial charge is 0.339 e. The van der Waals surface area contributed by atoms with Gasteiger partial charge in [-0.2, -0.15) is 0 Å². The van der Waals surface area contributed by atoms with Crippen LogP contribution in [0.2, 0.25) is 0 Å². The first-order valence-corrected chi connectivity index (χ1v) is 7.65. The number of nitrogens with one attached hydrogen (secondary N) is 1. The molecule has 0 fully saturated rings. The zero-order chi connectivity index (χ0) is 16.0. The third-order valence-corrected chi connectivity index (χ3v) is 3.60. The Labute approximate surface area is 132 Å². The van der Waals surface area contributed by atoms with Crippen molar-refractivity contribution in [1.82, 2.24) is 5.32 Å². The maximum atomic E-state index is 12.0. The van der Waals surface area contributed by atoms with E-state index in [0.29, 0.717) is 4.47 Å². The summed E-state index contributed by atoms with van der Waals surface area (Å²) in [4.78, 5) is 23.2. The molecule has 0 aliphatic rings. The average molecular weight is 358 g/mol. The van der Waals surface area contributed by atoms with Crippen molar-refractivity contribution in [3.8, 4) is 5.75 Å². The quantitative estimate of drug-likeness (QED) is 0.785. The lowest BCUT2D eigenvalue weighted by molar-refractivity contribution is -0.127. The summed E-state index contributed by atoms with van der Waals surface area (Å²) in [6.07, 6.45) is 1.08. The standard InChI is InChI=1S/C15H20BrNO4/c1-4-6-9(2)17-14(18)10(3)21-13-11(15(19)20)7-5-8-12(13)16/h5,7-10H,4,6H2,1-3H3,(H,17,18)(H,19,20). The maximum Gasteiger partial charge on any atom is 0.339 e. The zero-order valence-corrected chi connectivity index (χ0v) is 13.9. The molecule has 5 nitrogen and oxygen atoms in total. The van der Waals surface area contributed by atoms with Crippen molar-refractivity contribution >= 4 is 27.8 Å². The second kappa shape index (κ2) is 8.02. The summed E-state index contributed by atoms with van der Waals surface area (Å²) in [5, 5.41) is 12.0. The van der Waals surface area contributed by atoms with Gasteiger partial charge in [-0.1, -0.05) is 19.4 Å². The number of carbonyl (C=O) groups excluding carboxylic acids is 1. The van der Waals surface area contributed by atoms with Crippen LogP contribution in [0, 0.1) is 0 Å². The van der Waals surface area contributed by atoms with E-state index in [1.54, 1.807) is 19.1 Å². The molecule has 2 atom stereocenters. The van der Waals surface area contributed by atoms with Crippen molar-refractivity contribution in [2.45, 2.75) is 45.8 Å². The van der Waals surface area contributed by atoms with Crippen molar-refractivity contribution < 1.29 is 19.4 Å². The molecule has 0 bridgehead atoms. The Balaban J connectivity index is 2.81. The zero-order valence-electron chi connectivity index (χ0n) is 12.4. The van der Waals surface area contributed by atoms with Gasteiger partial charge in [0.2, 0.25) is 0 Å². The fourth-order valence-electron chi connectivity index (χ4n) is 1.89. The lowest BCUT2D eigenvalue weighted by Crippen LogP contribution is -2.41. The molecule has 1 aromatic rings. The third kappa shape index (κ3) is 5.04. The number of carbonyl (C=O) groups is 2. The van der Waals surface area contributed by atoms with E-state index in [2.05, 4.69) is 21.2 Å². The van der Waals surface area contributed by atoms with Crippen LogP contribution in [0.1, 0.15) is 44.0 Å². The number of ether oxygens (including phenoxy) is 1. The van der Waals surface area contributed by atoms with Gasteiger partial charge in [0.1, 0.15) is 11.3 Å². The molecule has 0 aliphatic carbocycles. The summed E-state index contributed by atoms with van der Waals surface area (Å²) in [5.41, 5.74) is 0.0191. The molecule has 0 radical (unpaired) electrons. The van der Waals surface area contributed by atoms with Gasteiger partial charge in [-0.15, -0.1) is 0 Å². The summed E-state index contributed by atoms with van der Waals surface area (Å²) in [5.74, 6) is -1.20. The molecule has 0 heterocycles. The molecule has 1 aromatic carbocycles. The molecule has 0 spiro atoms. The highest BCUT2D eigenvalue weighted by Gasteiger charge is 2.21. The second-order valence-electron chi connectivity index (χ2n) is 4.88. The SMILES string of the molecule is CCCC(C)NC(=O)C(C)Oc1c(Br)cccc1C(=O)O. The average Bonchev–Trinajstić information content (AvgIpc) is 2.40. The maximum absolute atomic E-state index is 12.0. The van der Waals surface area contributed by atoms with Crippen LogP contribution in [0.3, 0.4) is 0 Å². The van der Waals surface area contributed by atoms with Gasteiger partial charge in [0.05, 0.1) is 4.47 Å². The first-order valence-electron chi connectivity index (χ1n) is 6.85. The van der Waals surface area contributed by atoms with Crippen molar-refractivity contribution in [2.24, 2.45) is 0 Å². The summed E-state index contributed by atoms with van der Waals surface area (Å²) in [6, 6.07) is 4.78. The number of benzene rings is 1. The third-order valence-electron chi connectivity index (χ3n) is 2.97. The van der Waals surface area contributed by atoms with E-state index in [1.165, 1.54) is 6.07 Å². The molecule has 2 N–H and O–H groups in total. The van der Waals surface area contributed by atoms with E-state index in [9.17, 15) is 9.59 Å². The van der Waals surface area contributed by atoms with Crippen LogP contribution in [0.5, 0.6) is 5.75 Å². The van der Waals surface area contributed by atoms with Gasteiger partial charge >= 0.3 is 5.97 Å². The fraction of sp³-hybridized carbons (Fsp3) is 0.467. The Morgan fingerprint density at radius 2 is 2.05 bits per heavy atom. The van der Waals surface area contributed by atoms with E-state index >= 15 is 0 Å². The number of rotatable bonds is 7. The topological polar surface area (TPSA) is 75.6 Å². The number of carboxylic acids is 1.